The quantitative estimate of drug-likeness (QED) is 0.731. The van der Waals surface area contributed by atoms with Gasteiger partial charge >= 0.3 is 8.56 Å². The van der Waals surface area contributed by atoms with Crippen LogP contribution < -0.4 is 5.19 Å². The monoisotopic (exact) mass is 224 g/mol. The molecule has 0 radical (unpaired) electrons. The second kappa shape index (κ2) is 4.92. The van der Waals surface area contributed by atoms with Gasteiger partial charge in [-0.3, -0.25) is 0 Å². The average molecular weight is 224 g/mol. The molecule has 84 valence electrons. The molecule has 1 rings (SSSR count). The highest BCUT2D eigenvalue weighted by Crippen LogP contribution is 2.21. The third kappa shape index (κ3) is 2.30. The molecule has 0 bridgehead atoms. The summed E-state index contributed by atoms with van der Waals surface area (Å²) in [4.78, 5) is 0. The molecular weight excluding hydrogens is 204 g/mol. The molecular formula is C12H20O2Si. The lowest BCUT2D eigenvalue weighted by molar-refractivity contribution is 0.248. The van der Waals surface area contributed by atoms with Crippen LogP contribution in [0.25, 0.3) is 0 Å². The maximum atomic E-state index is 5.69. The summed E-state index contributed by atoms with van der Waals surface area (Å²) in [6.45, 7) is 6.39. The second-order valence-corrected chi connectivity index (χ2v) is 7.98. The first-order valence-electron chi connectivity index (χ1n) is 5.24. The fraction of sp³-hybridized carbons (Fsp3) is 0.500. The van der Waals surface area contributed by atoms with Crippen molar-refractivity contribution in [3.63, 3.8) is 0 Å². The molecule has 0 aliphatic rings. The number of rotatable bonds is 4. The summed E-state index contributed by atoms with van der Waals surface area (Å²) in [6.07, 6.45) is 0. The Bertz CT molecular complexity index is 302. The van der Waals surface area contributed by atoms with Crippen molar-refractivity contribution in [2.75, 3.05) is 14.2 Å². The summed E-state index contributed by atoms with van der Waals surface area (Å²) >= 11 is 0. The predicted molar refractivity (Wildman–Crippen MR) is 65.7 cm³/mol. The van der Waals surface area contributed by atoms with E-state index < -0.39 is 8.56 Å². The molecule has 0 aromatic heterocycles. The minimum absolute atomic E-state index is 0.398. The van der Waals surface area contributed by atoms with Crippen LogP contribution in [0.2, 0.25) is 5.54 Å². The zero-order valence-electron chi connectivity index (χ0n) is 10.2. The SMILES string of the molecule is CO[Si](OC)(c1ccc(C)cc1)C(C)C. The zero-order valence-corrected chi connectivity index (χ0v) is 11.2. The van der Waals surface area contributed by atoms with Gasteiger partial charge in [-0.1, -0.05) is 43.7 Å². The lowest BCUT2D eigenvalue weighted by Crippen LogP contribution is -2.54. The first-order chi connectivity index (χ1) is 7.06. The van der Waals surface area contributed by atoms with E-state index in [4.69, 9.17) is 8.85 Å². The van der Waals surface area contributed by atoms with E-state index in [0.29, 0.717) is 5.54 Å². The third-order valence-corrected chi connectivity index (χ3v) is 6.69. The number of benzene rings is 1. The Balaban J connectivity index is 3.14. The van der Waals surface area contributed by atoms with E-state index in [-0.39, 0.29) is 0 Å². The van der Waals surface area contributed by atoms with Gasteiger partial charge in [-0.25, -0.2) is 0 Å². The Kier molecular flexibility index (Phi) is 4.08. The van der Waals surface area contributed by atoms with Crippen LogP contribution in [-0.2, 0) is 8.85 Å². The molecule has 0 aliphatic carbocycles. The maximum absolute atomic E-state index is 5.69. The summed E-state index contributed by atoms with van der Waals surface area (Å²) in [5.74, 6) is 0. The van der Waals surface area contributed by atoms with Crippen molar-refractivity contribution in [3.05, 3.63) is 29.8 Å². The van der Waals surface area contributed by atoms with E-state index in [2.05, 4.69) is 45.0 Å². The summed E-state index contributed by atoms with van der Waals surface area (Å²) in [7, 11) is 1.27. The molecule has 0 spiro atoms. The van der Waals surface area contributed by atoms with Crippen molar-refractivity contribution in [1.82, 2.24) is 0 Å². The van der Waals surface area contributed by atoms with Gasteiger partial charge < -0.3 is 8.85 Å². The van der Waals surface area contributed by atoms with E-state index >= 15 is 0 Å². The Morgan fingerprint density at radius 3 is 1.80 bits per heavy atom. The largest absolute Gasteiger partial charge is 0.394 e. The van der Waals surface area contributed by atoms with Gasteiger partial charge in [0.05, 0.1) is 0 Å². The summed E-state index contributed by atoms with van der Waals surface area (Å²) < 4.78 is 11.4. The van der Waals surface area contributed by atoms with E-state index in [1.807, 2.05) is 0 Å². The highest BCUT2D eigenvalue weighted by atomic mass is 28.4. The number of aryl methyl sites for hydroxylation is 1. The predicted octanol–water partition coefficient (Wildman–Crippen LogP) is 2.35. The molecule has 0 saturated heterocycles. The minimum atomic E-state index is -2.22. The van der Waals surface area contributed by atoms with Gasteiger partial charge in [0.1, 0.15) is 0 Å². The molecule has 0 N–H and O–H groups in total. The van der Waals surface area contributed by atoms with Gasteiger partial charge in [0.25, 0.3) is 0 Å². The van der Waals surface area contributed by atoms with Crippen LogP contribution in [0.15, 0.2) is 24.3 Å². The molecule has 0 aliphatic heterocycles. The highest BCUT2D eigenvalue weighted by molar-refractivity contribution is 6.82. The Morgan fingerprint density at radius 2 is 1.47 bits per heavy atom. The number of hydrogen-bond acceptors (Lipinski definition) is 2. The van der Waals surface area contributed by atoms with Gasteiger partial charge in [0, 0.05) is 19.8 Å². The molecule has 0 amide bonds. The van der Waals surface area contributed by atoms with Crippen LogP contribution in [0.5, 0.6) is 0 Å². The molecule has 1 aromatic rings. The van der Waals surface area contributed by atoms with Gasteiger partial charge in [0.2, 0.25) is 0 Å². The number of hydrogen-bond donors (Lipinski definition) is 0. The van der Waals surface area contributed by atoms with Gasteiger partial charge in [-0.15, -0.1) is 0 Å². The van der Waals surface area contributed by atoms with E-state index in [9.17, 15) is 0 Å². The molecule has 1 aromatic carbocycles. The van der Waals surface area contributed by atoms with Crippen LogP contribution in [0, 0.1) is 6.92 Å². The molecule has 2 nitrogen and oxygen atoms in total. The molecule has 15 heavy (non-hydrogen) atoms. The zero-order chi connectivity index (χ0) is 11.5. The summed E-state index contributed by atoms with van der Waals surface area (Å²) in [5, 5.41) is 1.20. The van der Waals surface area contributed by atoms with Crippen molar-refractivity contribution in [2.24, 2.45) is 0 Å². The highest BCUT2D eigenvalue weighted by Gasteiger charge is 2.41. The van der Waals surface area contributed by atoms with Gasteiger partial charge in [-0.2, -0.15) is 0 Å². The van der Waals surface area contributed by atoms with Crippen molar-refractivity contribution in [3.8, 4) is 0 Å². The topological polar surface area (TPSA) is 18.5 Å². The first kappa shape index (κ1) is 12.4. The lowest BCUT2D eigenvalue weighted by Gasteiger charge is -2.31. The van der Waals surface area contributed by atoms with Crippen LogP contribution in [0.1, 0.15) is 19.4 Å². The Hall–Kier alpha value is -0.643. The van der Waals surface area contributed by atoms with Crippen molar-refractivity contribution in [1.29, 1.82) is 0 Å². The third-order valence-electron chi connectivity index (χ3n) is 2.82. The summed E-state index contributed by atoms with van der Waals surface area (Å²) in [5.41, 5.74) is 1.66. The first-order valence-corrected chi connectivity index (χ1v) is 7.13. The Labute approximate surface area is 93.5 Å². The van der Waals surface area contributed by atoms with Gasteiger partial charge in [-0.05, 0) is 12.1 Å². The molecule has 3 heteroatoms. The lowest BCUT2D eigenvalue weighted by atomic mass is 10.2. The molecule has 0 heterocycles. The molecule has 0 unspecified atom stereocenters. The van der Waals surface area contributed by atoms with Crippen LogP contribution >= 0.6 is 0 Å². The fourth-order valence-electron chi connectivity index (χ4n) is 1.91. The molecule has 0 fully saturated rings. The molecule has 0 atom stereocenters. The van der Waals surface area contributed by atoms with Crippen LogP contribution in [-0.4, -0.2) is 22.8 Å². The minimum Gasteiger partial charge on any atom is -0.394 e. The van der Waals surface area contributed by atoms with Crippen molar-refractivity contribution >= 4 is 13.7 Å². The van der Waals surface area contributed by atoms with Crippen molar-refractivity contribution < 1.29 is 8.85 Å². The maximum Gasteiger partial charge on any atom is 0.374 e. The standard InChI is InChI=1S/C12H20O2Si/c1-10(2)15(13-4,14-5)12-8-6-11(3)7-9-12/h6-10H,1-5H3. The van der Waals surface area contributed by atoms with Gasteiger partial charge in [0.15, 0.2) is 0 Å². The normalized spacial score (nSPS) is 12.1. The summed E-state index contributed by atoms with van der Waals surface area (Å²) in [6, 6.07) is 8.46. The van der Waals surface area contributed by atoms with Crippen LogP contribution in [0.3, 0.4) is 0 Å². The second-order valence-electron chi connectivity index (χ2n) is 4.10. The fourth-order valence-corrected chi connectivity index (χ4v) is 4.79. The smallest absolute Gasteiger partial charge is 0.374 e. The molecule has 0 saturated carbocycles. The van der Waals surface area contributed by atoms with E-state index in [0.717, 1.165) is 0 Å². The van der Waals surface area contributed by atoms with Crippen molar-refractivity contribution in [2.45, 2.75) is 26.3 Å². The average Bonchev–Trinajstić information content (AvgIpc) is 2.22. The Morgan fingerprint density at radius 1 is 1.00 bits per heavy atom. The van der Waals surface area contributed by atoms with Crippen LogP contribution in [0.4, 0.5) is 0 Å². The van der Waals surface area contributed by atoms with E-state index in [1.165, 1.54) is 10.8 Å². The van der Waals surface area contributed by atoms with E-state index in [1.54, 1.807) is 14.2 Å².